The smallest absolute Gasteiger partial charge is 0.327 e. The van der Waals surface area contributed by atoms with Gasteiger partial charge < -0.3 is 15.3 Å². The molecule has 0 aromatic heterocycles. The molecule has 2 amide bonds. The molecular weight excluding hydrogens is 292 g/mol. The van der Waals surface area contributed by atoms with E-state index in [1.54, 1.807) is 4.90 Å². The highest BCUT2D eigenvalue weighted by atomic mass is 32.2. The Hall–Kier alpha value is -1.24. The van der Waals surface area contributed by atoms with Gasteiger partial charge in [-0.15, -0.1) is 11.8 Å². The fourth-order valence-corrected chi connectivity index (χ4v) is 3.42. The van der Waals surface area contributed by atoms with Crippen molar-refractivity contribution in [2.24, 2.45) is 0 Å². The highest BCUT2D eigenvalue weighted by Gasteiger charge is 2.23. The fourth-order valence-electron chi connectivity index (χ4n) is 2.46. The molecule has 1 fully saturated rings. The first kappa shape index (κ1) is 17.8. The van der Waals surface area contributed by atoms with Crippen LogP contribution in [0.3, 0.4) is 0 Å². The van der Waals surface area contributed by atoms with Crippen LogP contribution in [0, 0.1) is 0 Å². The lowest BCUT2D eigenvalue weighted by molar-refractivity contribution is -0.140. The number of hydrogen-bond donors (Lipinski definition) is 2. The lowest BCUT2D eigenvalue weighted by Gasteiger charge is -2.31. The van der Waals surface area contributed by atoms with Crippen molar-refractivity contribution in [2.75, 3.05) is 18.6 Å². The highest BCUT2D eigenvalue weighted by molar-refractivity contribution is 8.00. The number of carbonyl (C=O) groups is 3. The first-order chi connectivity index (χ1) is 9.91. The molecule has 0 aromatic carbocycles. The van der Waals surface area contributed by atoms with Crippen LogP contribution in [-0.2, 0) is 14.4 Å². The molecule has 6 nitrogen and oxygen atoms in total. The van der Waals surface area contributed by atoms with Crippen molar-refractivity contribution >= 4 is 29.5 Å². The molecule has 0 spiro atoms. The summed E-state index contributed by atoms with van der Waals surface area (Å²) < 4.78 is 0. The molecular formula is C14H24N2O4S. The van der Waals surface area contributed by atoms with Gasteiger partial charge in [0.15, 0.2) is 0 Å². The topological polar surface area (TPSA) is 86.7 Å². The minimum absolute atomic E-state index is 0.0267. The van der Waals surface area contributed by atoms with E-state index in [9.17, 15) is 14.4 Å². The molecule has 120 valence electrons. The van der Waals surface area contributed by atoms with Crippen LogP contribution in [0.4, 0.5) is 0 Å². The molecule has 1 aliphatic rings. The molecule has 0 unspecified atom stereocenters. The van der Waals surface area contributed by atoms with Crippen LogP contribution < -0.4 is 5.32 Å². The Morgan fingerprint density at radius 2 is 1.90 bits per heavy atom. The number of nitrogens with zero attached hydrogens (tertiary/aromatic N) is 1. The predicted molar refractivity (Wildman–Crippen MR) is 82.2 cm³/mol. The van der Waals surface area contributed by atoms with E-state index in [2.05, 4.69) is 5.32 Å². The van der Waals surface area contributed by atoms with Crippen LogP contribution >= 0.6 is 11.8 Å². The Bertz CT molecular complexity index is 383. The van der Waals surface area contributed by atoms with Gasteiger partial charge in [-0.25, -0.2) is 4.79 Å². The summed E-state index contributed by atoms with van der Waals surface area (Å²) in [7, 11) is 1.82. The summed E-state index contributed by atoms with van der Waals surface area (Å²) in [6.07, 6.45) is 5.68. The van der Waals surface area contributed by atoms with Crippen LogP contribution in [0.25, 0.3) is 0 Å². The van der Waals surface area contributed by atoms with Gasteiger partial charge in [-0.1, -0.05) is 19.3 Å². The van der Waals surface area contributed by atoms with Crippen LogP contribution in [0.1, 0.15) is 39.0 Å². The molecule has 0 heterocycles. The Kier molecular flexibility index (Phi) is 7.56. The van der Waals surface area contributed by atoms with E-state index in [0.717, 1.165) is 12.8 Å². The third kappa shape index (κ3) is 6.37. The van der Waals surface area contributed by atoms with E-state index in [1.807, 2.05) is 7.05 Å². The molecule has 0 saturated heterocycles. The summed E-state index contributed by atoms with van der Waals surface area (Å²) in [4.78, 5) is 35.8. The second-order valence-electron chi connectivity index (χ2n) is 5.40. The lowest BCUT2D eigenvalue weighted by atomic mass is 9.94. The zero-order valence-electron chi connectivity index (χ0n) is 12.6. The van der Waals surface area contributed by atoms with Crippen LogP contribution in [0.15, 0.2) is 0 Å². The molecule has 0 radical (unpaired) electrons. The van der Waals surface area contributed by atoms with Gasteiger partial charge in [-0.3, -0.25) is 9.59 Å². The van der Waals surface area contributed by atoms with Gasteiger partial charge in [-0.05, 0) is 12.8 Å². The minimum Gasteiger partial charge on any atom is -0.480 e. The lowest BCUT2D eigenvalue weighted by Crippen LogP contribution is -2.42. The average Bonchev–Trinajstić information content (AvgIpc) is 2.45. The maximum absolute atomic E-state index is 12.1. The third-order valence-electron chi connectivity index (χ3n) is 3.70. The summed E-state index contributed by atoms with van der Waals surface area (Å²) >= 11 is 1.25. The summed E-state index contributed by atoms with van der Waals surface area (Å²) in [5, 5.41) is 11.3. The molecule has 1 saturated carbocycles. The zero-order valence-corrected chi connectivity index (χ0v) is 13.4. The van der Waals surface area contributed by atoms with Gasteiger partial charge in [0.1, 0.15) is 6.04 Å². The summed E-state index contributed by atoms with van der Waals surface area (Å²) in [5.74, 6) is -0.992. The van der Waals surface area contributed by atoms with Crippen molar-refractivity contribution < 1.29 is 19.5 Å². The van der Waals surface area contributed by atoms with E-state index < -0.39 is 12.0 Å². The van der Waals surface area contributed by atoms with Crippen LogP contribution in [0.2, 0.25) is 0 Å². The molecule has 0 aliphatic heterocycles. The van der Waals surface area contributed by atoms with Crippen molar-refractivity contribution in [1.82, 2.24) is 10.2 Å². The van der Waals surface area contributed by atoms with E-state index >= 15 is 0 Å². The summed E-state index contributed by atoms with van der Waals surface area (Å²) in [6.45, 7) is 1.28. The number of amides is 2. The first-order valence-corrected chi connectivity index (χ1v) is 8.40. The predicted octanol–water partition coefficient (Wildman–Crippen LogP) is 1.10. The standard InChI is InChI=1S/C14H24N2O4S/c1-10(17)15-12(14(19)20)8-21-9-13(18)16(2)11-6-4-3-5-7-11/h11-12H,3-9H2,1-2H3,(H,15,17)(H,19,20)/t12-/m0/s1. The molecule has 1 rings (SSSR count). The Morgan fingerprint density at radius 3 is 2.43 bits per heavy atom. The highest BCUT2D eigenvalue weighted by Crippen LogP contribution is 2.22. The average molecular weight is 316 g/mol. The SMILES string of the molecule is CC(=O)N[C@@H](CSCC(=O)N(C)C1CCCCC1)C(=O)O. The first-order valence-electron chi connectivity index (χ1n) is 7.25. The number of nitrogens with one attached hydrogen (secondary N) is 1. The Labute approximate surface area is 129 Å². The van der Waals surface area contributed by atoms with Gasteiger partial charge in [0.2, 0.25) is 11.8 Å². The third-order valence-corrected chi connectivity index (χ3v) is 4.72. The van der Waals surface area contributed by atoms with E-state index in [4.69, 9.17) is 5.11 Å². The molecule has 1 aliphatic carbocycles. The van der Waals surface area contributed by atoms with Crippen molar-refractivity contribution in [3.8, 4) is 0 Å². The number of carboxylic acids is 1. The zero-order chi connectivity index (χ0) is 15.8. The second kappa shape index (κ2) is 8.92. The number of aliphatic carboxylic acids is 1. The van der Waals surface area contributed by atoms with Gasteiger partial charge in [0.05, 0.1) is 5.75 Å². The maximum atomic E-state index is 12.1. The number of carboxylic acid groups (broad SMARTS) is 1. The van der Waals surface area contributed by atoms with Gasteiger partial charge >= 0.3 is 5.97 Å². The van der Waals surface area contributed by atoms with Crippen molar-refractivity contribution in [2.45, 2.75) is 51.1 Å². The summed E-state index contributed by atoms with van der Waals surface area (Å²) in [5.41, 5.74) is 0. The fraction of sp³-hybridized carbons (Fsp3) is 0.786. The molecule has 0 bridgehead atoms. The molecule has 21 heavy (non-hydrogen) atoms. The van der Waals surface area contributed by atoms with E-state index in [1.165, 1.54) is 37.9 Å². The second-order valence-corrected chi connectivity index (χ2v) is 6.43. The number of rotatable bonds is 7. The summed E-state index contributed by atoms with van der Waals surface area (Å²) in [6, 6.07) is -0.627. The number of thioether (sulfide) groups is 1. The largest absolute Gasteiger partial charge is 0.480 e. The van der Waals surface area contributed by atoms with Crippen molar-refractivity contribution in [1.29, 1.82) is 0 Å². The normalized spacial score (nSPS) is 17.0. The van der Waals surface area contributed by atoms with Gasteiger partial charge in [0.25, 0.3) is 0 Å². The van der Waals surface area contributed by atoms with Gasteiger partial charge in [0, 0.05) is 25.8 Å². The molecule has 1 atom stereocenters. The quantitative estimate of drug-likeness (QED) is 0.734. The van der Waals surface area contributed by atoms with E-state index in [-0.39, 0.29) is 23.3 Å². The van der Waals surface area contributed by atoms with Gasteiger partial charge in [-0.2, -0.15) is 0 Å². The Balaban J connectivity index is 2.33. The monoisotopic (exact) mass is 316 g/mol. The Morgan fingerprint density at radius 1 is 1.29 bits per heavy atom. The molecule has 2 N–H and O–H groups in total. The number of hydrogen-bond acceptors (Lipinski definition) is 4. The number of carbonyl (C=O) groups excluding carboxylic acids is 2. The van der Waals surface area contributed by atoms with Crippen molar-refractivity contribution in [3.63, 3.8) is 0 Å². The minimum atomic E-state index is -1.08. The molecule has 7 heteroatoms. The van der Waals surface area contributed by atoms with Crippen LogP contribution in [-0.4, -0.2) is 58.4 Å². The van der Waals surface area contributed by atoms with Crippen LogP contribution in [0.5, 0.6) is 0 Å². The van der Waals surface area contributed by atoms with E-state index in [0.29, 0.717) is 6.04 Å². The van der Waals surface area contributed by atoms with Crippen molar-refractivity contribution in [3.05, 3.63) is 0 Å². The maximum Gasteiger partial charge on any atom is 0.327 e. The molecule has 0 aromatic rings.